The second-order valence-corrected chi connectivity index (χ2v) is 5.73. The summed E-state index contributed by atoms with van der Waals surface area (Å²) >= 11 is 0. The maximum atomic E-state index is 12.5. The first kappa shape index (κ1) is 15.3. The number of carbonyl (C=O) groups excluding carboxylic acids is 2. The molecule has 6 nitrogen and oxygen atoms in total. The average Bonchev–Trinajstić information content (AvgIpc) is 2.47. The Hall–Kier alpha value is -1.14. The largest absolute Gasteiger partial charge is 0.468 e. The van der Waals surface area contributed by atoms with E-state index in [4.69, 9.17) is 5.73 Å². The zero-order valence-electron chi connectivity index (χ0n) is 12.2. The van der Waals surface area contributed by atoms with Crippen LogP contribution in [0, 0.1) is 5.92 Å². The third kappa shape index (κ3) is 3.70. The molecule has 2 rings (SSSR count). The fraction of sp³-hybridized carbons (Fsp3) is 0.857. The first-order valence-corrected chi connectivity index (χ1v) is 7.45. The van der Waals surface area contributed by atoms with Crippen molar-refractivity contribution in [3.8, 4) is 0 Å². The number of amides is 1. The van der Waals surface area contributed by atoms with Crippen LogP contribution >= 0.6 is 0 Å². The summed E-state index contributed by atoms with van der Waals surface area (Å²) < 4.78 is 4.66. The van der Waals surface area contributed by atoms with Gasteiger partial charge in [0.15, 0.2) is 0 Å². The fourth-order valence-electron chi connectivity index (χ4n) is 3.07. The third-order valence-corrected chi connectivity index (χ3v) is 4.40. The quantitative estimate of drug-likeness (QED) is 0.727. The zero-order valence-corrected chi connectivity index (χ0v) is 12.2. The molecule has 2 atom stereocenters. The van der Waals surface area contributed by atoms with Crippen LogP contribution in [0.25, 0.3) is 0 Å². The molecule has 6 heteroatoms. The minimum atomic E-state index is -0.223. The highest BCUT2D eigenvalue weighted by molar-refractivity contribution is 5.80. The van der Waals surface area contributed by atoms with Gasteiger partial charge >= 0.3 is 5.97 Å². The van der Waals surface area contributed by atoms with Crippen LogP contribution in [0.4, 0.5) is 0 Å². The molecule has 0 spiro atoms. The Morgan fingerprint density at radius 1 is 1.15 bits per heavy atom. The minimum Gasteiger partial charge on any atom is -0.468 e. The van der Waals surface area contributed by atoms with Gasteiger partial charge in [-0.3, -0.25) is 14.5 Å². The maximum absolute atomic E-state index is 12.5. The highest BCUT2D eigenvalue weighted by Gasteiger charge is 2.33. The number of ether oxygens (including phenoxy) is 1. The van der Waals surface area contributed by atoms with E-state index in [1.807, 2.05) is 9.80 Å². The number of hydrogen-bond donors (Lipinski definition) is 1. The van der Waals surface area contributed by atoms with Crippen molar-refractivity contribution in [3.05, 3.63) is 0 Å². The van der Waals surface area contributed by atoms with Gasteiger partial charge in [-0.05, 0) is 12.8 Å². The van der Waals surface area contributed by atoms with E-state index < -0.39 is 0 Å². The van der Waals surface area contributed by atoms with Gasteiger partial charge in [0.05, 0.1) is 19.6 Å². The molecule has 0 aromatic carbocycles. The van der Waals surface area contributed by atoms with Gasteiger partial charge in [-0.1, -0.05) is 12.8 Å². The van der Waals surface area contributed by atoms with Crippen molar-refractivity contribution in [1.82, 2.24) is 9.80 Å². The van der Waals surface area contributed by atoms with Crippen molar-refractivity contribution < 1.29 is 14.3 Å². The van der Waals surface area contributed by atoms with Crippen LogP contribution in [0.2, 0.25) is 0 Å². The number of hydrogen-bond acceptors (Lipinski definition) is 5. The molecule has 2 N–H and O–H groups in total. The first-order valence-electron chi connectivity index (χ1n) is 7.45. The van der Waals surface area contributed by atoms with E-state index in [1.54, 1.807) is 0 Å². The molecule has 1 amide bonds. The summed E-state index contributed by atoms with van der Waals surface area (Å²) in [6, 6.07) is 0.0179. The Morgan fingerprint density at radius 2 is 1.80 bits per heavy atom. The molecule has 1 aliphatic carbocycles. The lowest BCUT2D eigenvalue weighted by atomic mass is 9.84. The van der Waals surface area contributed by atoms with E-state index in [1.165, 1.54) is 7.11 Å². The Kier molecular flexibility index (Phi) is 5.37. The minimum absolute atomic E-state index is 0.00379. The number of esters is 1. The van der Waals surface area contributed by atoms with E-state index in [0.717, 1.165) is 38.8 Å². The second kappa shape index (κ2) is 7.04. The van der Waals surface area contributed by atoms with E-state index in [9.17, 15) is 9.59 Å². The van der Waals surface area contributed by atoms with Crippen molar-refractivity contribution in [1.29, 1.82) is 0 Å². The van der Waals surface area contributed by atoms with Gasteiger partial charge in [0.25, 0.3) is 0 Å². The van der Waals surface area contributed by atoms with E-state index in [-0.39, 0.29) is 23.8 Å². The highest BCUT2D eigenvalue weighted by atomic mass is 16.5. The van der Waals surface area contributed by atoms with Gasteiger partial charge in [-0.25, -0.2) is 0 Å². The normalized spacial score (nSPS) is 28.2. The van der Waals surface area contributed by atoms with Crippen LogP contribution in [-0.4, -0.2) is 67.6 Å². The second-order valence-electron chi connectivity index (χ2n) is 5.73. The number of rotatable bonds is 3. The Bertz CT molecular complexity index is 354. The molecule has 1 heterocycles. The van der Waals surface area contributed by atoms with Crippen molar-refractivity contribution in [2.24, 2.45) is 11.7 Å². The Balaban J connectivity index is 1.80. The summed E-state index contributed by atoms with van der Waals surface area (Å²) in [5.41, 5.74) is 6.08. The number of nitrogens with zero attached hydrogens (tertiary/aromatic N) is 2. The molecule has 2 aliphatic rings. The number of piperazine rings is 1. The molecule has 2 unspecified atom stereocenters. The number of carbonyl (C=O) groups is 2. The van der Waals surface area contributed by atoms with Crippen molar-refractivity contribution in [2.75, 3.05) is 39.8 Å². The van der Waals surface area contributed by atoms with Gasteiger partial charge in [-0.2, -0.15) is 0 Å². The van der Waals surface area contributed by atoms with Crippen molar-refractivity contribution in [2.45, 2.75) is 31.7 Å². The zero-order chi connectivity index (χ0) is 14.5. The Morgan fingerprint density at radius 3 is 2.40 bits per heavy atom. The lowest BCUT2D eigenvalue weighted by Gasteiger charge is -2.38. The standard InChI is InChI=1S/C14H25N3O3/c1-20-13(18)10-16-6-8-17(9-7-16)14(19)11-4-2-3-5-12(11)15/h11-12H,2-10,15H2,1H3. The fourth-order valence-corrected chi connectivity index (χ4v) is 3.07. The summed E-state index contributed by atoms with van der Waals surface area (Å²) in [7, 11) is 1.40. The van der Waals surface area contributed by atoms with Crippen LogP contribution in [-0.2, 0) is 14.3 Å². The lowest BCUT2D eigenvalue weighted by molar-refractivity contribution is -0.143. The smallest absolute Gasteiger partial charge is 0.319 e. The van der Waals surface area contributed by atoms with E-state index in [0.29, 0.717) is 19.6 Å². The van der Waals surface area contributed by atoms with Crippen LogP contribution < -0.4 is 5.73 Å². The van der Waals surface area contributed by atoms with E-state index >= 15 is 0 Å². The topological polar surface area (TPSA) is 75.9 Å². The highest BCUT2D eigenvalue weighted by Crippen LogP contribution is 2.25. The molecule has 2 fully saturated rings. The molecule has 1 saturated carbocycles. The summed E-state index contributed by atoms with van der Waals surface area (Å²) in [6.07, 6.45) is 4.12. The van der Waals surface area contributed by atoms with Crippen molar-refractivity contribution >= 4 is 11.9 Å². The summed E-state index contributed by atoms with van der Waals surface area (Å²) in [5, 5.41) is 0. The van der Waals surface area contributed by atoms with Crippen LogP contribution in [0.1, 0.15) is 25.7 Å². The molecule has 0 radical (unpaired) electrons. The summed E-state index contributed by atoms with van der Waals surface area (Å²) in [5.74, 6) is -0.0232. The lowest BCUT2D eigenvalue weighted by Crippen LogP contribution is -2.53. The molecular weight excluding hydrogens is 258 g/mol. The Labute approximate surface area is 120 Å². The number of methoxy groups -OCH3 is 1. The van der Waals surface area contributed by atoms with E-state index in [2.05, 4.69) is 4.74 Å². The van der Waals surface area contributed by atoms with Gasteiger partial charge in [-0.15, -0.1) is 0 Å². The van der Waals surface area contributed by atoms with Gasteiger partial charge < -0.3 is 15.4 Å². The summed E-state index contributed by atoms with van der Waals surface area (Å²) in [4.78, 5) is 27.6. The predicted octanol–water partition coefficient (Wildman–Crippen LogP) is -0.179. The van der Waals surface area contributed by atoms with Gasteiger partial charge in [0, 0.05) is 32.2 Å². The van der Waals surface area contributed by atoms with Crippen LogP contribution in [0.5, 0.6) is 0 Å². The molecule has 114 valence electrons. The molecular formula is C14H25N3O3. The summed E-state index contributed by atoms with van der Waals surface area (Å²) in [6.45, 7) is 3.12. The molecule has 0 aromatic rings. The molecule has 1 aliphatic heterocycles. The SMILES string of the molecule is COC(=O)CN1CCN(C(=O)C2CCCCC2N)CC1. The van der Waals surface area contributed by atoms with Crippen LogP contribution in [0.15, 0.2) is 0 Å². The molecule has 0 bridgehead atoms. The number of nitrogens with two attached hydrogens (primary N) is 1. The molecule has 1 saturated heterocycles. The predicted molar refractivity (Wildman–Crippen MR) is 75.0 cm³/mol. The van der Waals surface area contributed by atoms with Crippen LogP contribution in [0.3, 0.4) is 0 Å². The van der Waals surface area contributed by atoms with Gasteiger partial charge in [0.2, 0.25) is 5.91 Å². The first-order chi connectivity index (χ1) is 9.61. The average molecular weight is 283 g/mol. The maximum Gasteiger partial charge on any atom is 0.319 e. The monoisotopic (exact) mass is 283 g/mol. The molecule has 20 heavy (non-hydrogen) atoms. The van der Waals surface area contributed by atoms with Crippen molar-refractivity contribution in [3.63, 3.8) is 0 Å². The molecule has 0 aromatic heterocycles. The third-order valence-electron chi connectivity index (χ3n) is 4.40. The van der Waals surface area contributed by atoms with Gasteiger partial charge in [0.1, 0.15) is 0 Å².